The summed E-state index contributed by atoms with van der Waals surface area (Å²) in [4.78, 5) is 9.05. The molecule has 3 aromatic heterocycles. The molecule has 8 nitrogen and oxygen atoms in total. The lowest BCUT2D eigenvalue weighted by molar-refractivity contribution is 0.315. The molecule has 0 radical (unpaired) electrons. The van der Waals surface area contributed by atoms with Crippen molar-refractivity contribution in [1.29, 1.82) is 5.26 Å². The van der Waals surface area contributed by atoms with Gasteiger partial charge in [-0.15, -0.1) is 10.2 Å². The van der Waals surface area contributed by atoms with Gasteiger partial charge in [-0.25, -0.2) is 9.37 Å². The predicted molar refractivity (Wildman–Crippen MR) is 126 cm³/mol. The van der Waals surface area contributed by atoms with E-state index in [-0.39, 0.29) is 5.82 Å². The van der Waals surface area contributed by atoms with Crippen molar-refractivity contribution in [2.45, 2.75) is 19.0 Å². The minimum absolute atomic E-state index is 0.331. The lowest BCUT2D eigenvalue weighted by Gasteiger charge is -2.22. The van der Waals surface area contributed by atoms with Crippen LogP contribution in [0.4, 0.5) is 10.2 Å². The maximum absolute atomic E-state index is 15.3. The van der Waals surface area contributed by atoms with Crippen molar-refractivity contribution in [2.24, 2.45) is 0 Å². The molecule has 0 N–H and O–H groups in total. The molecule has 1 atom stereocenters. The second-order valence-corrected chi connectivity index (χ2v) is 9.07. The van der Waals surface area contributed by atoms with Crippen molar-refractivity contribution >= 4 is 5.82 Å². The largest absolute Gasteiger partial charge is 0.353 e. The molecule has 5 heterocycles. The quantitative estimate of drug-likeness (QED) is 0.416. The van der Waals surface area contributed by atoms with Crippen molar-refractivity contribution in [2.75, 3.05) is 32.1 Å². The van der Waals surface area contributed by atoms with Gasteiger partial charge in [-0.3, -0.25) is 4.57 Å². The Morgan fingerprint density at radius 3 is 2.71 bits per heavy atom. The molecule has 0 aliphatic carbocycles. The Morgan fingerprint density at radius 2 is 1.97 bits per heavy atom. The van der Waals surface area contributed by atoms with Gasteiger partial charge >= 0.3 is 0 Å². The lowest BCUT2D eigenvalue weighted by atomic mass is 10.1. The predicted octanol–water partition coefficient (Wildman–Crippen LogP) is 3.31. The van der Waals surface area contributed by atoms with E-state index in [1.54, 1.807) is 12.4 Å². The molecular weight excluding hydrogens is 431 g/mol. The van der Waals surface area contributed by atoms with E-state index in [4.69, 9.17) is 10.2 Å². The van der Waals surface area contributed by atoms with Gasteiger partial charge in [0.1, 0.15) is 6.33 Å². The lowest BCUT2D eigenvalue weighted by Crippen LogP contribution is -2.32. The van der Waals surface area contributed by atoms with Crippen LogP contribution >= 0.6 is 0 Å². The minimum atomic E-state index is -0.331. The molecule has 0 bridgehead atoms. The first-order chi connectivity index (χ1) is 16.5. The highest BCUT2D eigenvalue weighted by Gasteiger charge is 2.30. The maximum Gasteiger partial charge on any atom is 0.185 e. The van der Waals surface area contributed by atoms with Crippen LogP contribution in [0.5, 0.6) is 0 Å². The zero-order chi connectivity index (χ0) is 23.4. The van der Waals surface area contributed by atoms with Gasteiger partial charge in [0.2, 0.25) is 0 Å². The number of aromatic nitrogens is 5. The van der Waals surface area contributed by atoms with Crippen molar-refractivity contribution in [3.63, 3.8) is 0 Å². The highest BCUT2D eigenvalue weighted by atomic mass is 19.1. The van der Waals surface area contributed by atoms with Gasteiger partial charge in [0.25, 0.3) is 0 Å². The molecule has 1 fully saturated rings. The Kier molecular flexibility index (Phi) is 4.71. The van der Waals surface area contributed by atoms with E-state index in [1.165, 1.54) is 0 Å². The van der Waals surface area contributed by atoms with Gasteiger partial charge < -0.3 is 14.4 Å². The van der Waals surface area contributed by atoms with Gasteiger partial charge in [-0.05, 0) is 44.3 Å². The summed E-state index contributed by atoms with van der Waals surface area (Å²) in [6, 6.07) is 13.6. The number of hydrogen-bond donors (Lipinski definition) is 0. The Morgan fingerprint density at radius 1 is 1.15 bits per heavy atom. The third kappa shape index (κ3) is 3.26. The number of anilines is 1. The van der Waals surface area contributed by atoms with E-state index >= 15 is 4.39 Å². The van der Waals surface area contributed by atoms with E-state index in [2.05, 4.69) is 39.8 Å². The normalized spacial score (nSPS) is 16.7. The number of nitrogens with zero attached hydrogens (tertiary/aromatic N) is 8. The summed E-state index contributed by atoms with van der Waals surface area (Å²) in [7, 11) is 4.11. The average molecular weight is 455 g/mol. The molecule has 9 heteroatoms. The molecule has 0 spiro atoms. The standard InChI is InChI=1S/C25H23FN8/c1-31(2)19-7-8-32(13-19)24-20(26)10-22-21(29-24)14-33-12-18(17-5-3-16(11-27)4-6-17)9-23(33)25-30-28-15-34(22)25/h3-6,9-10,12,15,19H,7-8,13-14H2,1-2H3. The number of likely N-dealkylation sites (N-methyl/N-ethyl adjacent to an activating group) is 1. The molecular formula is C25H23FN8. The fourth-order valence-corrected chi connectivity index (χ4v) is 4.88. The van der Waals surface area contributed by atoms with E-state index in [9.17, 15) is 0 Å². The number of benzene rings is 1. The zero-order valence-corrected chi connectivity index (χ0v) is 19.0. The topological polar surface area (TPSA) is 78.8 Å². The first-order valence-electron chi connectivity index (χ1n) is 11.2. The molecule has 4 aromatic rings. The fourth-order valence-electron chi connectivity index (χ4n) is 4.88. The van der Waals surface area contributed by atoms with Crippen LogP contribution in [0.2, 0.25) is 0 Å². The maximum atomic E-state index is 15.3. The number of halogens is 1. The summed E-state index contributed by atoms with van der Waals surface area (Å²) in [5, 5.41) is 17.5. The number of fused-ring (bicyclic) bond motifs is 5. The zero-order valence-electron chi connectivity index (χ0n) is 19.0. The van der Waals surface area contributed by atoms with E-state index in [0.717, 1.165) is 42.0 Å². The van der Waals surface area contributed by atoms with Crippen LogP contribution in [-0.4, -0.2) is 62.4 Å². The van der Waals surface area contributed by atoms with Gasteiger partial charge in [-0.2, -0.15) is 5.26 Å². The SMILES string of the molecule is CN(C)C1CCN(c2nc3c(cc2F)-n2cnnc2-c2cc(-c4ccc(C#N)cc4)cn2C3)C1. The fraction of sp³-hybridized carbons (Fsp3) is 0.280. The molecule has 6 rings (SSSR count). The Balaban J connectivity index is 1.43. The number of rotatable bonds is 3. The first-order valence-corrected chi connectivity index (χ1v) is 11.2. The second-order valence-electron chi connectivity index (χ2n) is 9.07. The number of pyridine rings is 1. The highest BCUT2D eigenvalue weighted by molar-refractivity contribution is 5.72. The van der Waals surface area contributed by atoms with Crippen molar-refractivity contribution in [3.05, 3.63) is 66.0 Å². The third-order valence-corrected chi connectivity index (χ3v) is 6.81. The molecule has 1 unspecified atom stereocenters. The van der Waals surface area contributed by atoms with Crippen LogP contribution in [0.25, 0.3) is 28.3 Å². The summed E-state index contributed by atoms with van der Waals surface area (Å²) in [5.74, 6) is 0.713. The molecule has 0 amide bonds. The Hall–Kier alpha value is -4.03. The van der Waals surface area contributed by atoms with Gasteiger partial charge in [0.05, 0.1) is 35.3 Å². The molecule has 2 aliphatic rings. The third-order valence-electron chi connectivity index (χ3n) is 6.81. The molecule has 2 aliphatic heterocycles. The van der Waals surface area contributed by atoms with Gasteiger partial charge in [-0.1, -0.05) is 12.1 Å². The molecule has 1 aromatic carbocycles. The van der Waals surface area contributed by atoms with Crippen molar-refractivity contribution in [3.8, 4) is 34.4 Å². The van der Waals surface area contributed by atoms with Crippen LogP contribution in [0.15, 0.2) is 48.9 Å². The van der Waals surface area contributed by atoms with Crippen LogP contribution in [0.3, 0.4) is 0 Å². The van der Waals surface area contributed by atoms with Gasteiger partial charge in [0.15, 0.2) is 17.5 Å². The second kappa shape index (κ2) is 7.78. The minimum Gasteiger partial charge on any atom is -0.353 e. The summed E-state index contributed by atoms with van der Waals surface area (Å²) in [6.45, 7) is 2.02. The van der Waals surface area contributed by atoms with E-state index in [1.807, 2.05) is 46.0 Å². The summed E-state index contributed by atoms with van der Waals surface area (Å²) >= 11 is 0. The molecule has 0 saturated carbocycles. The van der Waals surface area contributed by atoms with E-state index < -0.39 is 0 Å². The van der Waals surface area contributed by atoms with Gasteiger partial charge in [0, 0.05) is 37.0 Å². The molecule has 34 heavy (non-hydrogen) atoms. The Labute approximate surface area is 196 Å². The van der Waals surface area contributed by atoms with Crippen LogP contribution < -0.4 is 4.90 Å². The highest BCUT2D eigenvalue weighted by Crippen LogP contribution is 2.35. The van der Waals surface area contributed by atoms with Crippen LogP contribution in [-0.2, 0) is 6.54 Å². The van der Waals surface area contributed by atoms with E-state index in [0.29, 0.717) is 35.5 Å². The average Bonchev–Trinajstić information content (AvgIpc) is 3.58. The number of hydrogen-bond acceptors (Lipinski definition) is 6. The van der Waals surface area contributed by atoms with Crippen LogP contribution in [0, 0.1) is 17.1 Å². The summed E-state index contributed by atoms with van der Waals surface area (Å²) < 4.78 is 19.2. The molecule has 1 saturated heterocycles. The van der Waals surface area contributed by atoms with Crippen molar-refractivity contribution in [1.82, 2.24) is 29.2 Å². The molecule has 170 valence electrons. The van der Waals surface area contributed by atoms with Crippen molar-refractivity contribution < 1.29 is 4.39 Å². The smallest absolute Gasteiger partial charge is 0.185 e. The number of nitriles is 1. The first kappa shape index (κ1) is 20.6. The Bertz CT molecular complexity index is 1430. The van der Waals surface area contributed by atoms with Crippen LogP contribution in [0.1, 0.15) is 17.7 Å². The summed E-state index contributed by atoms with van der Waals surface area (Å²) in [6.07, 6.45) is 4.64. The summed E-state index contributed by atoms with van der Waals surface area (Å²) in [5.41, 5.74) is 4.94. The monoisotopic (exact) mass is 454 g/mol.